The highest BCUT2D eigenvalue weighted by Crippen LogP contribution is 2.24. The van der Waals surface area contributed by atoms with Crippen LogP contribution in [0, 0.1) is 0 Å². The molecule has 17 heavy (non-hydrogen) atoms. The Morgan fingerprint density at radius 1 is 1.53 bits per heavy atom. The minimum absolute atomic E-state index is 0.232. The van der Waals surface area contributed by atoms with Gasteiger partial charge in [0, 0.05) is 31.6 Å². The van der Waals surface area contributed by atoms with Crippen molar-refractivity contribution in [2.45, 2.75) is 6.92 Å². The summed E-state index contributed by atoms with van der Waals surface area (Å²) in [5.74, 6) is 0. The van der Waals surface area contributed by atoms with E-state index in [1.807, 2.05) is 12.3 Å². The molecule has 0 bridgehead atoms. The molecular weight excluding hydrogens is 262 g/mol. The summed E-state index contributed by atoms with van der Waals surface area (Å²) < 4.78 is 4.96. The lowest BCUT2D eigenvalue weighted by atomic mass is 10.3. The zero-order chi connectivity index (χ0) is 12.3. The molecule has 0 saturated carbocycles. The summed E-state index contributed by atoms with van der Waals surface area (Å²) in [5, 5.41) is 3.26. The number of rotatable bonds is 2. The van der Waals surface area contributed by atoms with E-state index in [4.69, 9.17) is 16.3 Å². The zero-order valence-electron chi connectivity index (χ0n) is 9.56. The minimum Gasteiger partial charge on any atom is -0.450 e. The Kier molecular flexibility index (Phi) is 4.06. The van der Waals surface area contributed by atoms with Crippen molar-refractivity contribution in [3.63, 3.8) is 0 Å². The SMILES string of the molecule is CCOC(=O)N1CCN(c2nc(Cl)cs2)CC1. The van der Waals surface area contributed by atoms with Gasteiger partial charge in [-0.1, -0.05) is 11.6 Å². The van der Waals surface area contributed by atoms with Gasteiger partial charge >= 0.3 is 6.09 Å². The number of hydrogen-bond donors (Lipinski definition) is 0. The smallest absolute Gasteiger partial charge is 0.409 e. The second-order valence-corrected chi connectivity index (χ2v) is 4.85. The van der Waals surface area contributed by atoms with E-state index >= 15 is 0 Å². The molecule has 0 aliphatic carbocycles. The Balaban J connectivity index is 1.88. The Bertz CT molecular complexity index is 391. The third-order valence-electron chi connectivity index (χ3n) is 2.54. The third kappa shape index (κ3) is 3.01. The lowest BCUT2D eigenvalue weighted by molar-refractivity contribution is 0.105. The summed E-state index contributed by atoms with van der Waals surface area (Å²) in [6, 6.07) is 0. The molecule has 0 aromatic carbocycles. The van der Waals surface area contributed by atoms with Crippen molar-refractivity contribution in [1.29, 1.82) is 0 Å². The van der Waals surface area contributed by atoms with Gasteiger partial charge in [0.05, 0.1) is 6.61 Å². The highest BCUT2D eigenvalue weighted by atomic mass is 35.5. The summed E-state index contributed by atoms with van der Waals surface area (Å²) >= 11 is 7.31. The van der Waals surface area contributed by atoms with Crippen LogP contribution in [0.15, 0.2) is 5.38 Å². The first-order valence-electron chi connectivity index (χ1n) is 5.48. The lowest BCUT2D eigenvalue weighted by Gasteiger charge is -2.33. The van der Waals surface area contributed by atoms with Gasteiger partial charge in [-0.3, -0.25) is 0 Å². The average molecular weight is 276 g/mol. The third-order valence-corrected chi connectivity index (χ3v) is 3.76. The number of nitrogens with zero attached hydrogens (tertiary/aromatic N) is 3. The van der Waals surface area contributed by atoms with Gasteiger partial charge in [-0.15, -0.1) is 11.3 Å². The predicted octanol–water partition coefficient (Wildman–Crippen LogP) is 2.07. The summed E-state index contributed by atoms with van der Waals surface area (Å²) in [5.41, 5.74) is 0. The Labute approximate surface area is 109 Å². The van der Waals surface area contributed by atoms with Gasteiger partial charge in [-0.05, 0) is 6.92 Å². The van der Waals surface area contributed by atoms with Crippen molar-refractivity contribution in [3.05, 3.63) is 10.5 Å². The first-order valence-corrected chi connectivity index (χ1v) is 6.74. The first-order chi connectivity index (χ1) is 8.20. The number of hydrogen-bond acceptors (Lipinski definition) is 5. The molecular formula is C10H14ClN3O2S. The quantitative estimate of drug-likeness (QED) is 0.829. The van der Waals surface area contributed by atoms with Gasteiger partial charge in [0.1, 0.15) is 5.15 Å². The molecule has 1 aliphatic heterocycles. The zero-order valence-corrected chi connectivity index (χ0v) is 11.1. The molecule has 1 aromatic rings. The van der Waals surface area contributed by atoms with Gasteiger partial charge in [0.2, 0.25) is 0 Å². The molecule has 0 atom stereocenters. The van der Waals surface area contributed by atoms with E-state index in [1.165, 1.54) is 11.3 Å². The van der Waals surface area contributed by atoms with E-state index in [9.17, 15) is 4.79 Å². The Morgan fingerprint density at radius 2 is 2.24 bits per heavy atom. The highest BCUT2D eigenvalue weighted by Gasteiger charge is 2.23. The lowest BCUT2D eigenvalue weighted by Crippen LogP contribution is -2.48. The van der Waals surface area contributed by atoms with E-state index in [0.717, 1.165) is 18.2 Å². The molecule has 5 nitrogen and oxygen atoms in total. The summed E-state index contributed by atoms with van der Waals surface area (Å²) in [6.45, 7) is 5.09. The fourth-order valence-electron chi connectivity index (χ4n) is 1.69. The Hall–Kier alpha value is -1.01. The second-order valence-electron chi connectivity index (χ2n) is 3.63. The molecule has 0 unspecified atom stereocenters. The largest absolute Gasteiger partial charge is 0.450 e. The van der Waals surface area contributed by atoms with E-state index in [-0.39, 0.29) is 6.09 Å². The molecule has 2 heterocycles. The fourth-order valence-corrected chi connectivity index (χ4v) is 2.69. The average Bonchev–Trinajstić information content (AvgIpc) is 2.76. The number of thiazole rings is 1. The first kappa shape index (κ1) is 12.4. The van der Waals surface area contributed by atoms with Gasteiger partial charge in [0.15, 0.2) is 5.13 Å². The number of aromatic nitrogens is 1. The van der Waals surface area contributed by atoms with Crippen LogP contribution in [-0.2, 0) is 4.74 Å². The monoisotopic (exact) mass is 275 g/mol. The van der Waals surface area contributed by atoms with Crippen molar-refractivity contribution in [1.82, 2.24) is 9.88 Å². The standard InChI is InChI=1S/C10H14ClN3O2S/c1-2-16-10(15)14-5-3-13(4-6-14)9-12-8(11)7-17-9/h7H,2-6H2,1H3. The van der Waals surface area contributed by atoms with Crippen LogP contribution in [0.25, 0.3) is 0 Å². The molecule has 0 spiro atoms. The molecule has 94 valence electrons. The molecule has 0 N–H and O–H groups in total. The van der Waals surface area contributed by atoms with Crippen LogP contribution in [-0.4, -0.2) is 48.8 Å². The van der Waals surface area contributed by atoms with Crippen LogP contribution < -0.4 is 4.90 Å². The van der Waals surface area contributed by atoms with Crippen molar-refractivity contribution < 1.29 is 9.53 Å². The van der Waals surface area contributed by atoms with Crippen molar-refractivity contribution >= 4 is 34.2 Å². The van der Waals surface area contributed by atoms with Gasteiger partial charge in [-0.2, -0.15) is 0 Å². The highest BCUT2D eigenvalue weighted by molar-refractivity contribution is 7.14. The maximum atomic E-state index is 11.5. The number of ether oxygens (including phenoxy) is 1. The topological polar surface area (TPSA) is 45.7 Å². The van der Waals surface area contributed by atoms with Crippen LogP contribution in [0.3, 0.4) is 0 Å². The number of carbonyl (C=O) groups excluding carboxylic acids is 1. The van der Waals surface area contributed by atoms with Crippen LogP contribution in [0.5, 0.6) is 0 Å². The minimum atomic E-state index is -0.232. The molecule has 1 fully saturated rings. The van der Waals surface area contributed by atoms with E-state index < -0.39 is 0 Å². The molecule has 0 radical (unpaired) electrons. The van der Waals surface area contributed by atoms with Gasteiger partial charge in [-0.25, -0.2) is 9.78 Å². The molecule has 1 aliphatic rings. The van der Waals surface area contributed by atoms with Crippen LogP contribution in [0.4, 0.5) is 9.93 Å². The number of amides is 1. The number of piperazine rings is 1. The summed E-state index contributed by atoms with van der Waals surface area (Å²) in [7, 11) is 0. The molecule has 7 heteroatoms. The molecule has 1 saturated heterocycles. The normalized spacial score (nSPS) is 16.1. The number of carbonyl (C=O) groups is 1. The second kappa shape index (κ2) is 5.55. The van der Waals surface area contributed by atoms with Crippen molar-refractivity contribution in [3.8, 4) is 0 Å². The van der Waals surface area contributed by atoms with Gasteiger partial charge in [0.25, 0.3) is 0 Å². The molecule has 1 amide bonds. The van der Waals surface area contributed by atoms with E-state index in [2.05, 4.69) is 9.88 Å². The van der Waals surface area contributed by atoms with E-state index in [0.29, 0.717) is 24.8 Å². The maximum absolute atomic E-state index is 11.5. The summed E-state index contributed by atoms with van der Waals surface area (Å²) in [4.78, 5) is 19.6. The van der Waals surface area contributed by atoms with Crippen molar-refractivity contribution in [2.75, 3.05) is 37.7 Å². The van der Waals surface area contributed by atoms with Crippen molar-refractivity contribution in [2.24, 2.45) is 0 Å². The van der Waals surface area contributed by atoms with E-state index in [1.54, 1.807) is 4.90 Å². The van der Waals surface area contributed by atoms with Crippen LogP contribution >= 0.6 is 22.9 Å². The van der Waals surface area contributed by atoms with Crippen LogP contribution in [0.2, 0.25) is 5.15 Å². The van der Waals surface area contributed by atoms with Gasteiger partial charge < -0.3 is 14.5 Å². The molecule has 2 rings (SSSR count). The maximum Gasteiger partial charge on any atom is 0.409 e. The van der Waals surface area contributed by atoms with Crippen LogP contribution in [0.1, 0.15) is 6.92 Å². The molecule has 1 aromatic heterocycles. The Morgan fingerprint density at radius 3 is 2.76 bits per heavy atom. The summed E-state index contributed by atoms with van der Waals surface area (Å²) in [6.07, 6.45) is -0.232. The predicted molar refractivity (Wildman–Crippen MR) is 67.9 cm³/mol. The number of anilines is 1. The fraction of sp³-hybridized carbons (Fsp3) is 0.600. The number of halogens is 1.